The van der Waals surface area contributed by atoms with E-state index in [-0.39, 0.29) is 5.91 Å². The summed E-state index contributed by atoms with van der Waals surface area (Å²) in [5.74, 6) is 1.23. The van der Waals surface area contributed by atoms with Crippen molar-refractivity contribution in [3.05, 3.63) is 57.0 Å². The quantitative estimate of drug-likeness (QED) is 0.550. The Morgan fingerprint density at radius 3 is 2.68 bits per heavy atom. The van der Waals surface area contributed by atoms with Gasteiger partial charge in [-0.2, -0.15) is 0 Å². The number of carbonyl (C=O) groups excluding carboxylic acids is 1. The third-order valence-corrected chi connectivity index (χ3v) is 7.16. The van der Waals surface area contributed by atoms with E-state index in [0.717, 1.165) is 52.5 Å². The lowest BCUT2D eigenvalue weighted by Gasteiger charge is -2.32. The second-order valence-corrected chi connectivity index (χ2v) is 9.26. The summed E-state index contributed by atoms with van der Waals surface area (Å²) in [4.78, 5) is 19.6. The number of halogens is 2. The first kappa shape index (κ1) is 18.2. The highest BCUT2D eigenvalue weighted by Gasteiger charge is 2.34. The van der Waals surface area contributed by atoms with E-state index in [1.54, 1.807) is 17.4 Å². The SMILES string of the molecule is O=C(C1Cc2cc(Cl)ccc2O1)N1CCC(c2nc3cc(Cl)ccc3s2)CC1. The minimum Gasteiger partial charge on any atom is -0.480 e. The molecule has 1 unspecified atom stereocenters. The van der Waals surface area contributed by atoms with Gasteiger partial charge in [-0.1, -0.05) is 23.2 Å². The summed E-state index contributed by atoms with van der Waals surface area (Å²) < 4.78 is 7.03. The zero-order valence-corrected chi connectivity index (χ0v) is 17.4. The molecule has 144 valence electrons. The van der Waals surface area contributed by atoms with Crippen LogP contribution in [0.2, 0.25) is 10.0 Å². The van der Waals surface area contributed by atoms with Crippen molar-refractivity contribution in [2.75, 3.05) is 13.1 Å². The molecule has 1 fully saturated rings. The molecule has 0 spiro atoms. The van der Waals surface area contributed by atoms with E-state index < -0.39 is 6.10 Å². The third-order valence-electron chi connectivity index (χ3n) is 5.49. The Balaban J connectivity index is 1.24. The average Bonchev–Trinajstić information content (AvgIpc) is 3.30. The van der Waals surface area contributed by atoms with Gasteiger partial charge in [-0.05, 0) is 54.8 Å². The van der Waals surface area contributed by atoms with Crippen LogP contribution in [0.25, 0.3) is 10.2 Å². The molecule has 1 atom stereocenters. The summed E-state index contributed by atoms with van der Waals surface area (Å²) >= 11 is 13.9. The van der Waals surface area contributed by atoms with Crippen LogP contribution in [0.1, 0.15) is 29.3 Å². The summed E-state index contributed by atoms with van der Waals surface area (Å²) in [6, 6.07) is 11.4. The van der Waals surface area contributed by atoms with Gasteiger partial charge in [0.2, 0.25) is 0 Å². The van der Waals surface area contributed by atoms with Crippen LogP contribution in [0.5, 0.6) is 5.75 Å². The fraction of sp³-hybridized carbons (Fsp3) is 0.333. The monoisotopic (exact) mass is 432 g/mol. The van der Waals surface area contributed by atoms with Crippen molar-refractivity contribution in [2.45, 2.75) is 31.3 Å². The highest BCUT2D eigenvalue weighted by Crippen LogP contribution is 2.36. The first-order valence-electron chi connectivity index (χ1n) is 9.37. The van der Waals surface area contributed by atoms with Crippen LogP contribution in [-0.2, 0) is 11.2 Å². The van der Waals surface area contributed by atoms with E-state index in [9.17, 15) is 4.79 Å². The zero-order chi connectivity index (χ0) is 19.3. The van der Waals surface area contributed by atoms with Crippen molar-refractivity contribution < 1.29 is 9.53 Å². The number of piperidine rings is 1. The first-order valence-corrected chi connectivity index (χ1v) is 10.9. The van der Waals surface area contributed by atoms with Gasteiger partial charge in [-0.15, -0.1) is 11.3 Å². The van der Waals surface area contributed by atoms with E-state index in [1.165, 1.54) is 0 Å². The first-order chi connectivity index (χ1) is 13.6. The minimum atomic E-state index is -0.436. The van der Waals surface area contributed by atoms with Crippen molar-refractivity contribution in [3.63, 3.8) is 0 Å². The van der Waals surface area contributed by atoms with Crippen molar-refractivity contribution >= 4 is 50.7 Å². The second kappa shape index (κ2) is 7.21. The number of ether oxygens (including phenoxy) is 1. The van der Waals surface area contributed by atoms with Gasteiger partial charge < -0.3 is 9.64 Å². The highest BCUT2D eigenvalue weighted by atomic mass is 35.5. The second-order valence-electron chi connectivity index (χ2n) is 7.33. The Bertz CT molecular complexity index is 1060. The normalized spacial score (nSPS) is 19.6. The van der Waals surface area contributed by atoms with Crippen molar-refractivity contribution in [1.29, 1.82) is 0 Å². The predicted molar refractivity (Wildman–Crippen MR) is 113 cm³/mol. The molecule has 1 saturated heterocycles. The molecule has 3 heterocycles. The highest BCUT2D eigenvalue weighted by molar-refractivity contribution is 7.18. The van der Waals surface area contributed by atoms with Crippen molar-refractivity contribution in [2.24, 2.45) is 0 Å². The van der Waals surface area contributed by atoms with Crippen LogP contribution in [0.15, 0.2) is 36.4 Å². The lowest BCUT2D eigenvalue weighted by atomic mass is 9.97. The molecule has 2 aliphatic heterocycles. The van der Waals surface area contributed by atoms with Crippen LogP contribution < -0.4 is 4.74 Å². The van der Waals surface area contributed by atoms with Crippen molar-refractivity contribution in [3.8, 4) is 5.75 Å². The van der Waals surface area contributed by atoms with E-state index in [2.05, 4.69) is 0 Å². The molecule has 0 saturated carbocycles. The van der Waals surface area contributed by atoms with Gasteiger partial charge in [-0.3, -0.25) is 4.79 Å². The molecule has 28 heavy (non-hydrogen) atoms. The minimum absolute atomic E-state index is 0.0712. The van der Waals surface area contributed by atoms with Crippen LogP contribution in [0, 0.1) is 0 Å². The Hall–Kier alpha value is -1.82. The Morgan fingerprint density at radius 2 is 1.86 bits per heavy atom. The maximum atomic E-state index is 12.9. The summed E-state index contributed by atoms with van der Waals surface area (Å²) in [5.41, 5.74) is 1.97. The number of hydrogen-bond donors (Lipinski definition) is 0. The fourth-order valence-electron chi connectivity index (χ4n) is 4.00. The van der Waals surface area contributed by atoms with Crippen LogP contribution >= 0.6 is 34.5 Å². The van der Waals surface area contributed by atoms with Gasteiger partial charge in [0.25, 0.3) is 5.91 Å². The van der Waals surface area contributed by atoms with Gasteiger partial charge in [0.05, 0.1) is 15.2 Å². The largest absolute Gasteiger partial charge is 0.480 e. The lowest BCUT2D eigenvalue weighted by Crippen LogP contribution is -2.45. The third kappa shape index (κ3) is 3.36. The molecule has 1 amide bonds. The van der Waals surface area contributed by atoms with Crippen LogP contribution in [-0.4, -0.2) is 35.0 Å². The summed E-state index contributed by atoms with van der Waals surface area (Å²) in [5, 5.41) is 2.53. The summed E-state index contributed by atoms with van der Waals surface area (Å²) in [6.45, 7) is 1.47. The molecule has 0 radical (unpaired) electrons. The van der Waals surface area contributed by atoms with Gasteiger partial charge >= 0.3 is 0 Å². The molecule has 0 aliphatic carbocycles. The summed E-state index contributed by atoms with van der Waals surface area (Å²) in [6.07, 6.45) is 2.00. The molecule has 4 nitrogen and oxygen atoms in total. The molecule has 3 aromatic rings. The Kier molecular flexibility index (Phi) is 4.69. The number of benzene rings is 2. The fourth-order valence-corrected chi connectivity index (χ4v) is 5.48. The lowest BCUT2D eigenvalue weighted by molar-refractivity contribution is -0.139. The maximum absolute atomic E-state index is 12.9. The Morgan fingerprint density at radius 1 is 1.11 bits per heavy atom. The van der Waals surface area contributed by atoms with E-state index in [1.807, 2.05) is 35.2 Å². The number of likely N-dealkylation sites (tertiary alicyclic amines) is 1. The smallest absolute Gasteiger partial charge is 0.263 e. The van der Waals surface area contributed by atoms with E-state index in [4.69, 9.17) is 32.9 Å². The number of hydrogen-bond acceptors (Lipinski definition) is 4. The van der Waals surface area contributed by atoms with Gasteiger partial charge in [0, 0.05) is 35.5 Å². The summed E-state index contributed by atoms with van der Waals surface area (Å²) in [7, 11) is 0. The number of amides is 1. The van der Waals surface area contributed by atoms with Gasteiger partial charge in [-0.25, -0.2) is 4.98 Å². The Labute approximate surface area is 177 Å². The topological polar surface area (TPSA) is 42.4 Å². The maximum Gasteiger partial charge on any atom is 0.263 e. The molecular formula is C21H18Cl2N2O2S. The molecule has 7 heteroatoms. The van der Waals surface area contributed by atoms with Crippen LogP contribution in [0.4, 0.5) is 0 Å². The van der Waals surface area contributed by atoms with Gasteiger partial charge in [0.15, 0.2) is 6.10 Å². The molecule has 2 aliphatic rings. The molecule has 0 N–H and O–H groups in total. The van der Waals surface area contributed by atoms with E-state index >= 15 is 0 Å². The standard InChI is InChI=1S/C21H18Cl2N2O2S/c22-14-1-3-17-13(9-14)10-18(27-17)21(26)25-7-5-12(6-8-25)20-24-16-11-15(23)2-4-19(16)28-20/h1-4,9,11-12,18H,5-8,10H2. The average molecular weight is 433 g/mol. The number of thiazole rings is 1. The molecular weight excluding hydrogens is 415 g/mol. The van der Waals surface area contributed by atoms with E-state index in [0.29, 0.717) is 22.4 Å². The zero-order valence-electron chi connectivity index (χ0n) is 15.0. The molecule has 1 aromatic heterocycles. The number of aromatic nitrogens is 1. The predicted octanol–water partition coefficient (Wildman–Crippen LogP) is 5.31. The van der Waals surface area contributed by atoms with Crippen molar-refractivity contribution in [1.82, 2.24) is 9.88 Å². The number of nitrogens with zero attached hydrogens (tertiary/aromatic N) is 2. The van der Waals surface area contributed by atoms with Gasteiger partial charge in [0.1, 0.15) is 5.75 Å². The number of fused-ring (bicyclic) bond motifs is 2. The number of carbonyl (C=O) groups is 1. The molecule has 5 rings (SSSR count). The number of rotatable bonds is 2. The molecule has 0 bridgehead atoms. The molecule has 2 aromatic carbocycles. The van der Waals surface area contributed by atoms with Crippen LogP contribution in [0.3, 0.4) is 0 Å².